The first-order chi connectivity index (χ1) is 10.0. The lowest BCUT2D eigenvalue weighted by molar-refractivity contribution is -0.385. The summed E-state index contributed by atoms with van der Waals surface area (Å²) in [5.74, 6) is -0.899. The molecule has 0 unspecified atom stereocenters. The van der Waals surface area contributed by atoms with E-state index in [0.29, 0.717) is 11.3 Å². The Hall–Kier alpha value is -2.24. The molecule has 3 rings (SSSR count). The van der Waals surface area contributed by atoms with E-state index in [4.69, 9.17) is 0 Å². The molecule has 6 nitrogen and oxygen atoms in total. The van der Waals surface area contributed by atoms with Crippen LogP contribution in [0, 0.1) is 28.9 Å². The standard InChI is InChI=1S/C15H16N2O4/c1-9-6-7-10(8-13(9)17(20)21)16-14(18)11-4-2-3-5-12(11)15(16)19/h6-8,11-12H,2-5H2,1H3/t11-,12+. The van der Waals surface area contributed by atoms with Gasteiger partial charge in [0.25, 0.3) is 5.69 Å². The molecule has 2 aliphatic rings. The van der Waals surface area contributed by atoms with Crippen LogP contribution in [-0.4, -0.2) is 16.7 Å². The fraction of sp³-hybridized carbons (Fsp3) is 0.467. The first kappa shape index (κ1) is 13.7. The maximum Gasteiger partial charge on any atom is 0.274 e. The minimum atomic E-state index is -0.489. The zero-order valence-corrected chi connectivity index (χ0v) is 11.7. The molecule has 6 heteroatoms. The predicted molar refractivity (Wildman–Crippen MR) is 75.8 cm³/mol. The molecule has 1 saturated carbocycles. The molecule has 2 fully saturated rings. The SMILES string of the molecule is Cc1ccc(N2C(=O)[C@H]3CCCC[C@H]3C2=O)cc1[N+](=O)[O-]. The Morgan fingerprint density at radius 1 is 1.14 bits per heavy atom. The van der Waals surface area contributed by atoms with Gasteiger partial charge in [-0.1, -0.05) is 18.9 Å². The van der Waals surface area contributed by atoms with Gasteiger partial charge < -0.3 is 0 Å². The van der Waals surface area contributed by atoms with Crippen molar-refractivity contribution in [3.63, 3.8) is 0 Å². The second-order valence-corrected chi connectivity index (χ2v) is 5.74. The molecule has 21 heavy (non-hydrogen) atoms. The number of carbonyl (C=O) groups excluding carboxylic acids is 2. The minimum Gasteiger partial charge on any atom is -0.274 e. The highest BCUT2D eigenvalue weighted by Gasteiger charge is 2.48. The lowest BCUT2D eigenvalue weighted by Gasteiger charge is -2.19. The summed E-state index contributed by atoms with van der Waals surface area (Å²) in [6, 6.07) is 4.51. The van der Waals surface area contributed by atoms with Gasteiger partial charge in [0, 0.05) is 11.6 Å². The van der Waals surface area contributed by atoms with Crippen molar-refractivity contribution in [1.82, 2.24) is 0 Å². The third-order valence-corrected chi connectivity index (χ3v) is 4.49. The topological polar surface area (TPSA) is 80.5 Å². The molecule has 1 aromatic rings. The van der Waals surface area contributed by atoms with Crippen LogP contribution >= 0.6 is 0 Å². The summed E-state index contributed by atoms with van der Waals surface area (Å²) < 4.78 is 0. The van der Waals surface area contributed by atoms with Crippen LogP contribution in [0.1, 0.15) is 31.2 Å². The summed E-state index contributed by atoms with van der Waals surface area (Å²) in [6.07, 6.45) is 3.39. The molecule has 0 spiro atoms. The first-order valence-electron chi connectivity index (χ1n) is 7.13. The third kappa shape index (κ3) is 2.11. The van der Waals surface area contributed by atoms with E-state index in [9.17, 15) is 19.7 Å². The van der Waals surface area contributed by atoms with Crippen molar-refractivity contribution in [2.24, 2.45) is 11.8 Å². The number of aryl methyl sites for hydroxylation is 1. The van der Waals surface area contributed by atoms with E-state index in [1.807, 2.05) is 0 Å². The van der Waals surface area contributed by atoms with Crippen molar-refractivity contribution in [2.75, 3.05) is 4.90 Å². The van der Waals surface area contributed by atoms with Crippen molar-refractivity contribution in [2.45, 2.75) is 32.6 Å². The van der Waals surface area contributed by atoms with Crippen LogP contribution in [0.15, 0.2) is 18.2 Å². The number of fused-ring (bicyclic) bond motifs is 1. The smallest absolute Gasteiger partial charge is 0.274 e. The average Bonchev–Trinajstić information content (AvgIpc) is 2.72. The third-order valence-electron chi connectivity index (χ3n) is 4.49. The molecule has 2 atom stereocenters. The summed E-state index contributed by atoms with van der Waals surface area (Å²) in [5.41, 5.74) is 0.764. The van der Waals surface area contributed by atoms with Crippen LogP contribution in [0.4, 0.5) is 11.4 Å². The van der Waals surface area contributed by atoms with Gasteiger partial charge in [0.2, 0.25) is 11.8 Å². The Morgan fingerprint density at radius 2 is 1.71 bits per heavy atom. The van der Waals surface area contributed by atoms with Gasteiger partial charge in [0.05, 0.1) is 22.4 Å². The molecule has 110 valence electrons. The van der Waals surface area contributed by atoms with E-state index in [2.05, 4.69) is 0 Å². The zero-order chi connectivity index (χ0) is 15.1. The zero-order valence-electron chi connectivity index (χ0n) is 11.7. The Labute approximate surface area is 121 Å². The fourth-order valence-electron chi connectivity index (χ4n) is 3.35. The van der Waals surface area contributed by atoms with E-state index in [0.717, 1.165) is 30.6 Å². The Bertz CT molecular complexity index is 617. The van der Waals surface area contributed by atoms with Gasteiger partial charge in [0.15, 0.2) is 0 Å². The second-order valence-electron chi connectivity index (χ2n) is 5.74. The number of rotatable bonds is 2. The average molecular weight is 288 g/mol. The molecular weight excluding hydrogens is 272 g/mol. The number of amides is 2. The maximum atomic E-state index is 12.5. The molecule has 0 bridgehead atoms. The highest BCUT2D eigenvalue weighted by molar-refractivity contribution is 6.22. The highest BCUT2D eigenvalue weighted by Crippen LogP contribution is 2.40. The number of carbonyl (C=O) groups is 2. The summed E-state index contributed by atoms with van der Waals surface area (Å²) >= 11 is 0. The summed E-state index contributed by atoms with van der Waals surface area (Å²) in [4.78, 5) is 36.6. The second kappa shape index (κ2) is 4.95. The number of nitrogens with zero attached hydrogens (tertiary/aromatic N) is 2. The van der Waals surface area contributed by atoms with E-state index in [1.54, 1.807) is 19.1 Å². The Balaban J connectivity index is 2.00. The molecule has 1 aliphatic heterocycles. The molecule has 0 aromatic heterocycles. The molecular formula is C15H16N2O4. The lowest BCUT2D eigenvalue weighted by Crippen LogP contribution is -2.30. The molecule has 0 radical (unpaired) electrons. The van der Waals surface area contributed by atoms with Crippen molar-refractivity contribution in [3.05, 3.63) is 33.9 Å². The predicted octanol–water partition coefficient (Wildman–Crippen LogP) is 2.58. The van der Waals surface area contributed by atoms with Gasteiger partial charge in [0.1, 0.15) is 0 Å². The minimum absolute atomic E-state index is 0.0667. The highest BCUT2D eigenvalue weighted by atomic mass is 16.6. The summed E-state index contributed by atoms with van der Waals surface area (Å²) in [5, 5.41) is 11.0. The Morgan fingerprint density at radius 3 is 2.24 bits per heavy atom. The number of nitro groups is 1. The lowest BCUT2D eigenvalue weighted by atomic mass is 9.81. The van der Waals surface area contributed by atoms with Crippen LogP contribution < -0.4 is 4.90 Å². The van der Waals surface area contributed by atoms with E-state index in [-0.39, 0.29) is 29.3 Å². The summed E-state index contributed by atoms with van der Waals surface area (Å²) in [7, 11) is 0. The van der Waals surface area contributed by atoms with Crippen molar-refractivity contribution in [1.29, 1.82) is 0 Å². The van der Waals surface area contributed by atoms with E-state index < -0.39 is 4.92 Å². The van der Waals surface area contributed by atoms with Crippen LogP contribution in [-0.2, 0) is 9.59 Å². The maximum absolute atomic E-state index is 12.5. The van der Waals surface area contributed by atoms with E-state index in [1.165, 1.54) is 6.07 Å². The number of nitro benzene ring substituents is 1. The summed E-state index contributed by atoms with van der Waals surface area (Å²) in [6.45, 7) is 1.63. The van der Waals surface area contributed by atoms with E-state index >= 15 is 0 Å². The van der Waals surface area contributed by atoms with Crippen LogP contribution in [0.5, 0.6) is 0 Å². The number of hydrogen-bond donors (Lipinski definition) is 0. The number of benzene rings is 1. The number of imide groups is 1. The molecule has 1 aliphatic carbocycles. The van der Waals surface area contributed by atoms with Gasteiger partial charge in [-0.15, -0.1) is 0 Å². The fourth-order valence-corrected chi connectivity index (χ4v) is 3.35. The number of anilines is 1. The molecule has 2 amide bonds. The molecule has 0 N–H and O–H groups in total. The van der Waals surface area contributed by atoms with Crippen LogP contribution in [0.25, 0.3) is 0 Å². The monoisotopic (exact) mass is 288 g/mol. The number of hydrogen-bond acceptors (Lipinski definition) is 4. The molecule has 1 saturated heterocycles. The van der Waals surface area contributed by atoms with Crippen molar-refractivity contribution < 1.29 is 14.5 Å². The van der Waals surface area contributed by atoms with Crippen LogP contribution in [0.3, 0.4) is 0 Å². The van der Waals surface area contributed by atoms with Gasteiger partial charge >= 0.3 is 0 Å². The van der Waals surface area contributed by atoms with Gasteiger partial charge in [-0.3, -0.25) is 19.7 Å². The van der Waals surface area contributed by atoms with Crippen LogP contribution in [0.2, 0.25) is 0 Å². The van der Waals surface area contributed by atoms with Gasteiger partial charge in [-0.25, -0.2) is 4.90 Å². The molecule has 1 aromatic carbocycles. The van der Waals surface area contributed by atoms with Crippen molar-refractivity contribution in [3.8, 4) is 0 Å². The van der Waals surface area contributed by atoms with Crippen molar-refractivity contribution >= 4 is 23.2 Å². The quantitative estimate of drug-likeness (QED) is 0.476. The largest absolute Gasteiger partial charge is 0.274 e. The Kier molecular flexibility index (Phi) is 3.23. The molecule has 1 heterocycles. The van der Waals surface area contributed by atoms with Gasteiger partial charge in [-0.05, 0) is 25.8 Å². The first-order valence-corrected chi connectivity index (χ1v) is 7.13. The normalized spacial score (nSPS) is 25.1. The van der Waals surface area contributed by atoms with Gasteiger partial charge in [-0.2, -0.15) is 0 Å².